The van der Waals surface area contributed by atoms with Gasteiger partial charge in [-0.05, 0) is 55.5 Å². The van der Waals surface area contributed by atoms with Crippen molar-refractivity contribution in [1.29, 1.82) is 0 Å². The number of aliphatic hydroxyl groups excluding tert-OH is 1. The second-order valence-electron chi connectivity index (χ2n) is 8.06. The van der Waals surface area contributed by atoms with Gasteiger partial charge in [0.25, 0.3) is 0 Å². The second-order valence-corrected chi connectivity index (χ2v) is 10.6. The molecule has 1 amide bonds. The van der Waals surface area contributed by atoms with E-state index >= 15 is 0 Å². The zero-order chi connectivity index (χ0) is 21.5. The number of fused-ring (bicyclic) bond motifs is 3. The quantitative estimate of drug-likeness (QED) is 0.544. The molecule has 0 spiro atoms. The molecule has 1 saturated heterocycles. The summed E-state index contributed by atoms with van der Waals surface area (Å²) in [7, 11) is 0. The Morgan fingerprint density at radius 3 is 2.81 bits per heavy atom. The molecule has 2 aromatic heterocycles. The van der Waals surface area contributed by atoms with E-state index in [0.29, 0.717) is 29.6 Å². The average Bonchev–Trinajstić information content (AvgIpc) is 3.33. The lowest BCUT2D eigenvalue weighted by Gasteiger charge is -2.25. The Bertz CT molecular complexity index is 1130. The van der Waals surface area contributed by atoms with Crippen molar-refractivity contribution in [3.05, 3.63) is 45.6 Å². The molecule has 3 N–H and O–H groups in total. The van der Waals surface area contributed by atoms with Gasteiger partial charge in [0, 0.05) is 27.8 Å². The summed E-state index contributed by atoms with van der Waals surface area (Å²) in [6.07, 6.45) is 4.14. The smallest absolute Gasteiger partial charge is 0.240 e. The number of primary amides is 1. The summed E-state index contributed by atoms with van der Waals surface area (Å²) in [6.45, 7) is 0.355. The first kappa shape index (κ1) is 21.0. The van der Waals surface area contributed by atoms with E-state index in [9.17, 15) is 9.90 Å². The van der Waals surface area contributed by atoms with Crippen LogP contribution in [-0.4, -0.2) is 39.7 Å². The molecule has 0 radical (unpaired) electrons. The lowest BCUT2D eigenvalue weighted by atomic mass is 9.97. The molecule has 5 rings (SSSR count). The van der Waals surface area contributed by atoms with Crippen molar-refractivity contribution in [1.82, 2.24) is 9.97 Å². The van der Waals surface area contributed by atoms with E-state index in [2.05, 4.69) is 0 Å². The van der Waals surface area contributed by atoms with Crippen molar-refractivity contribution in [3.8, 4) is 0 Å². The third-order valence-corrected chi connectivity index (χ3v) is 8.35. The molecule has 6 nitrogen and oxygen atoms in total. The zero-order valence-corrected chi connectivity index (χ0v) is 19.3. The molecule has 1 fully saturated rings. The summed E-state index contributed by atoms with van der Waals surface area (Å²) in [5, 5.41) is 12.0. The molecule has 162 valence electrons. The van der Waals surface area contributed by atoms with Crippen LogP contribution in [0, 0.1) is 0 Å². The van der Waals surface area contributed by atoms with E-state index in [0.717, 1.165) is 40.2 Å². The van der Waals surface area contributed by atoms with Crippen molar-refractivity contribution in [2.24, 2.45) is 5.73 Å². The number of amides is 1. The van der Waals surface area contributed by atoms with Gasteiger partial charge in [0.2, 0.25) is 5.91 Å². The number of nitrogens with two attached hydrogens (primary N) is 1. The van der Waals surface area contributed by atoms with Crippen LogP contribution in [0.2, 0.25) is 5.02 Å². The summed E-state index contributed by atoms with van der Waals surface area (Å²) in [6, 6.07) is 7.15. The maximum atomic E-state index is 12.1. The van der Waals surface area contributed by atoms with Crippen molar-refractivity contribution >= 4 is 56.6 Å². The number of β-amino-alcohol motifs (C(OH)–C–C–N with tert-alkyl or cyclic N) is 1. The maximum absolute atomic E-state index is 12.1. The van der Waals surface area contributed by atoms with E-state index in [1.165, 1.54) is 16.9 Å². The number of halogens is 1. The summed E-state index contributed by atoms with van der Waals surface area (Å²) in [5.74, 6) is 1.64. The second kappa shape index (κ2) is 8.58. The Labute approximate surface area is 193 Å². The van der Waals surface area contributed by atoms with Crippen LogP contribution in [0.3, 0.4) is 0 Å². The predicted octanol–water partition coefficient (Wildman–Crippen LogP) is 3.94. The molecule has 3 aromatic rings. The predicted molar refractivity (Wildman–Crippen MR) is 126 cm³/mol. The normalized spacial score (nSPS) is 20.9. The van der Waals surface area contributed by atoms with Gasteiger partial charge < -0.3 is 15.7 Å². The molecule has 0 bridgehead atoms. The van der Waals surface area contributed by atoms with Gasteiger partial charge in [-0.15, -0.1) is 23.1 Å². The van der Waals surface area contributed by atoms with Crippen molar-refractivity contribution in [2.45, 2.75) is 54.9 Å². The minimum absolute atomic E-state index is 0.335. The van der Waals surface area contributed by atoms with E-state index in [1.54, 1.807) is 23.1 Å². The Morgan fingerprint density at radius 1 is 1.26 bits per heavy atom. The number of nitrogens with zero attached hydrogens (tertiary/aromatic N) is 3. The highest BCUT2D eigenvalue weighted by atomic mass is 35.5. The number of aliphatic hydroxyl groups is 1. The minimum Gasteiger partial charge on any atom is -0.391 e. The molecule has 1 aliphatic carbocycles. The Hall–Kier alpha value is -1.87. The van der Waals surface area contributed by atoms with Gasteiger partial charge in [-0.3, -0.25) is 4.79 Å². The maximum Gasteiger partial charge on any atom is 0.240 e. The molecule has 0 unspecified atom stereocenters. The van der Waals surface area contributed by atoms with Crippen LogP contribution in [0.15, 0.2) is 29.2 Å². The molecule has 31 heavy (non-hydrogen) atoms. The molecule has 0 saturated carbocycles. The van der Waals surface area contributed by atoms with E-state index in [4.69, 9.17) is 27.3 Å². The molecule has 2 atom stereocenters. The Morgan fingerprint density at radius 2 is 2.03 bits per heavy atom. The number of anilines is 1. The highest BCUT2D eigenvalue weighted by Crippen LogP contribution is 2.41. The molecular weight excluding hydrogens is 452 g/mol. The summed E-state index contributed by atoms with van der Waals surface area (Å²) in [4.78, 5) is 27.3. The number of carbonyl (C=O) groups is 1. The van der Waals surface area contributed by atoms with Crippen LogP contribution in [0.4, 0.5) is 5.82 Å². The number of aromatic nitrogens is 2. The number of benzene rings is 1. The van der Waals surface area contributed by atoms with Gasteiger partial charge in [0.1, 0.15) is 22.5 Å². The molecular formula is C22H23ClN4O2S2. The van der Waals surface area contributed by atoms with Gasteiger partial charge in [-0.2, -0.15) is 0 Å². The van der Waals surface area contributed by atoms with E-state index in [-0.39, 0.29) is 0 Å². The van der Waals surface area contributed by atoms with Crippen LogP contribution < -0.4 is 10.6 Å². The van der Waals surface area contributed by atoms with Gasteiger partial charge in [-0.25, -0.2) is 9.97 Å². The lowest BCUT2D eigenvalue weighted by Crippen LogP contribution is -2.41. The van der Waals surface area contributed by atoms with Gasteiger partial charge in [0.15, 0.2) is 0 Å². The Balaban J connectivity index is 1.56. The van der Waals surface area contributed by atoms with Crippen LogP contribution in [0.25, 0.3) is 10.2 Å². The van der Waals surface area contributed by atoms with Gasteiger partial charge in [0.05, 0.1) is 17.2 Å². The van der Waals surface area contributed by atoms with Gasteiger partial charge >= 0.3 is 0 Å². The monoisotopic (exact) mass is 474 g/mol. The van der Waals surface area contributed by atoms with E-state index in [1.807, 2.05) is 29.2 Å². The van der Waals surface area contributed by atoms with Crippen molar-refractivity contribution in [3.63, 3.8) is 0 Å². The first-order valence-corrected chi connectivity index (χ1v) is 12.6. The fourth-order valence-electron chi connectivity index (χ4n) is 4.45. The van der Waals surface area contributed by atoms with Crippen molar-refractivity contribution < 1.29 is 9.90 Å². The SMILES string of the molecule is NC(=O)[C@H]1C[C@H](O)CN1c1nc(CSc2ccc(Cl)cc2)nc2sc3c(c12)CCCC3. The summed E-state index contributed by atoms with van der Waals surface area (Å²) >= 11 is 9.38. The first-order chi connectivity index (χ1) is 15.0. The van der Waals surface area contributed by atoms with Crippen molar-refractivity contribution in [2.75, 3.05) is 11.4 Å². The molecule has 1 aliphatic heterocycles. The topological polar surface area (TPSA) is 92.3 Å². The molecule has 3 heterocycles. The number of rotatable bonds is 5. The highest BCUT2D eigenvalue weighted by molar-refractivity contribution is 7.98. The molecule has 1 aromatic carbocycles. The average molecular weight is 475 g/mol. The van der Waals surface area contributed by atoms with E-state index < -0.39 is 18.1 Å². The number of hydrogen-bond donors (Lipinski definition) is 2. The van der Waals surface area contributed by atoms with Crippen LogP contribution in [0.5, 0.6) is 0 Å². The third kappa shape index (κ3) is 4.14. The number of thioether (sulfide) groups is 1. The first-order valence-electron chi connectivity index (χ1n) is 10.4. The molecule has 9 heteroatoms. The van der Waals surface area contributed by atoms with Crippen LogP contribution in [-0.2, 0) is 23.4 Å². The summed E-state index contributed by atoms with van der Waals surface area (Å²) in [5.41, 5.74) is 6.99. The number of hydrogen-bond acceptors (Lipinski definition) is 7. The number of aryl methyl sites for hydroxylation is 2. The summed E-state index contributed by atoms with van der Waals surface area (Å²) < 4.78 is 0. The lowest BCUT2D eigenvalue weighted by molar-refractivity contribution is -0.119. The third-order valence-electron chi connectivity index (χ3n) is 5.90. The van der Waals surface area contributed by atoms with Crippen LogP contribution >= 0.6 is 34.7 Å². The number of thiophene rings is 1. The highest BCUT2D eigenvalue weighted by Gasteiger charge is 2.37. The standard InChI is InChI=1S/C22H23ClN4O2S2/c23-12-5-7-14(8-6-12)30-11-18-25-21(27-10-13(28)9-16(27)20(24)29)19-15-3-1-2-4-17(15)31-22(19)26-18/h5-8,13,16,28H,1-4,9-11H2,(H2,24,29)/t13-,16+/m0/s1. The fraction of sp³-hybridized carbons (Fsp3) is 0.409. The minimum atomic E-state index is -0.594. The molecule has 2 aliphatic rings. The zero-order valence-electron chi connectivity index (χ0n) is 16.9. The Kier molecular flexibility index (Phi) is 5.81. The number of carbonyl (C=O) groups excluding carboxylic acids is 1. The van der Waals surface area contributed by atoms with Crippen LogP contribution in [0.1, 0.15) is 35.5 Å². The fourth-order valence-corrected chi connectivity index (χ4v) is 6.60. The van der Waals surface area contributed by atoms with Gasteiger partial charge in [-0.1, -0.05) is 11.6 Å². The largest absolute Gasteiger partial charge is 0.391 e.